The van der Waals surface area contributed by atoms with Gasteiger partial charge in [0.2, 0.25) is 0 Å². The second-order valence-electron chi connectivity index (χ2n) is 7.08. The van der Waals surface area contributed by atoms with Crippen molar-refractivity contribution in [2.45, 2.75) is 18.5 Å². The molecular weight excluding hydrogens is 365 g/mol. The molecule has 2 unspecified atom stereocenters. The maximum Gasteiger partial charge on any atom is 0.149 e. The molecule has 1 aliphatic heterocycles. The lowest BCUT2D eigenvalue weighted by atomic mass is 9.97. The zero-order valence-electron chi connectivity index (χ0n) is 15.9. The highest BCUT2D eigenvalue weighted by molar-refractivity contribution is 5.67. The van der Waals surface area contributed by atoms with Crippen molar-refractivity contribution in [2.75, 3.05) is 23.7 Å². The van der Waals surface area contributed by atoms with Gasteiger partial charge in [0.1, 0.15) is 11.6 Å². The molecule has 0 bridgehead atoms. The van der Waals surface area contributed by atoms with E-state index in [4.69, 9.17) is 5.26 Å². The van der Waals surface area contributed by atoms with Crippen molar-refractivity contribution >= 4 is 11.5 Å². The normalized spacial score (nSPS) is 16.1. The van der Waals surface area contributed by atoms with Crippen molar-refractivity contribution in [3.8, 4) is 6.07 Å². The third-order valence-corrected chi connectivity index (χ3v) is 5.11. The number of anilines is 2. The predicted molar refractivity (Wildman–Crippen MR) is 112 cm³/mol. The van der Waals surface area contributed by atoms with Gasteiger partial charge >= 0.3 is 0 Å². The summed E-state index contributed by atoms with van der Waals surface area (Å²) in [5.41, 5.74) is 3.67. The molecule has 0 saturated carbocycles. The summed E-state index contributed by atoms with van der Waals surface area (Å²) in [6.07, 6.45) is 2.57. The number of aromatic nitrogens is 1. The highest BCUT2D eigenvalue weighted by atomic mass is 19.1. The van der Waals surface area contributed by atoms with E-state index >= 15 is 0 Å². The van der Waals surface area contributed by atoms with Gasteiger partial charge in [-0.15, -0.1) is 0 Å². The maximum absolute atomic E-state index is 13.9. The van der Waals surface area contributed by atoms with Crippen LogP contribution in [0.25, 0.3) is 0 Å². The number of halogens is 1. The van der Waals surface area contributed by atoms with E-state index in [-0.39, 0.29) is 17.9 Å². The Morgan fingerprint density at radius 3 is 2.83 bits per heavy atom. The quantitative estimate of drug-likeness (QED) is 0.599. The minimum atomic E-state index is -0.247. The van der Waals surface area contributed by atoms with Gasteiger partial charge in [-0.1, -0.05) is 24.3 Å². The molecule has 6 heteroatoms. The summed E-state index contributed by atoms with van der Waals surface area (Å²) in [4.78, 5) is 4.41. The highest BCUT2D eigenvalue weighted by Crippen LogP contribution is 2.28. The number of hydrogen-bond donors (Lipinski definition) is 3. The second-order valence-corrected chi connectivity index (χ2v) is 7.08. The Morgan fingerprint density at radius 2 is 2.03 bits per heavy atom. The second kappa shape index (κ2) is 8.72. The van der Waals surface area contributed by atoms with Gasteiger partial charge < -0.3 is 16.0 Å². The number of nitrogens with zero attached hydrogens (tertiary/aromatic N) is 2. The van der Waals surface area contributed by atoms with Crippen LogP contribution in [0.5, 0.6) is 0 Å². The summed E-state index contributed by atoms with van der Waals surface area (Å²) < 4.78 is 13.9. The van der Waals surface area contributed by atoms with Gasteiger partial charge in [-0.2, -0.15) is 5.26 Å². The SMILES string of the molecule is N#Cc1ccc(CCNC(c2cccc(F)c2)C2CNc3cccnc3N2)cc1. The number of hydrogen-bond acceptors (Lipinski definition) is 5. The molecule has 5 nitrogen and oxygen atoms in total. The van der Waals surface area contributed by atoms with Crippen LogP contribution in [-0.2, 0) is 6.42 Å². The third kappa shape index (κ3) is 4.53. The zero-order chi connectivity index (χ0) is 20.1. The Hall–Kier alpha value is -3.43. The molecule has 0 amide bonds. The van der Waals surface area contributed by atoms with Gasteiger partial charge in [0.05, 0.1) is 29.4 Å². The molecule has 0 spiro atoms. The first kappa shape index (κ1) is 18.9. The summed E-state index contributed by atoms with van der Waals surface area (Å²) >= 11 is 0. The summed E-state index contributed by atoms with van der Waals surface area (Å²) in [7, 11) is 0. The topological polar surface area (TPSA) is 72.8 Å². The van der Waals surface area contributed by atoms with E-state index in [1.807, 2.05) is 42.5 Å². The van der Waals surface area contributed by atoms with Crippen LogP contribution in [0.3, 0.4) is 0 Å². The fraction of sp³-hybridized carbons (Fsp3) is 0.217. The van der Waals surface area contributed by atoms with Gasteiger partial charge in [-0.3, -0.25) is 0 Å². The van der Waals surface area contributed by atoms with Gasteiger partial charge in [-0.25, -0.2) is 9.37 Å². The number of nitrogens with one attached hydrogen (secondary N) is 3. The molecule has 2 heterocycles. The molecule has 29 heavy (non-hydrogen) atoms. The van der Waals surface area contributed by atoms with Crippen molar-refractivity contribution in [1.29, 1.82) is 5.26 Å². The maximum atomic E-state index is 13.9. The van der Waals surface area contributed by atoms with E-state index in [1.54, 1.807) is 18.3 Å². The van der Waals surface area contributed by atoms with Crippen LogP contribution in [-0.4, -0.2) is 24.1 Å². The van der Waals surface area contributed by atoms with Gasteiger partial charge in [-0.05, 0) is 60.5 Å². The van der Waals surface area contributed by atoms with Gasteiger partial charge in [0.25, 0.3) is 0 Å². The molecule has 3 N–H and O–H groups in total. The largest absolute Gasteiger partial charge is 0.380 e. The Balaban J connectivity index is 1.49. The van der Waals surface area contributed by atoms with E-state index < -0.39 is 0 Å². The van der Waals surface area contributed by atoms with Crippen molar-refractivity contribution < 1.29 is 4.39 Å². The molecule has 4 rings (SSSR count). The van der Waals surface area contributed by atoms with E-state index in [0.717, 1.165) is 35.6 Å². The van der Waals surface area contributed by atoms with Crippen LogP contribution in [0, 0.1) is 17.1 Å². The summed E-state index contributed by atoms with van der Waals surface area (Å²) in [6, 6.07) is 20.3. The molecule has 0 saturated heterocycles. The smallest absolute Gasteiger partial charge is 0.149 e. The summed E-state index contributed by atoms with van der Waals surface area (Å²) in [5.74, 6) is 0.558. The van der Waals surface area contributed by atoms with Crippen LogP contribution in [0.4, 0.5) is 15.9 Å². The van der Waals surface area contributed by atoms with Gasteiger partial charge in [0.15, 0.2) is 0 Å². The number of fused-ring (bicyclic) bond motifs is 1. The van der Waals surface area contributed by atoms with E-state index in [0.29, 0.717) is 12.1 Å². The first-order chi connectivity index (χ1) is 14.2. The standard InChI is InChI=1S/C23H22FN5/c24-19-4-1-3-18(13-19)22(21-15-28-20-5-2-11-27-23(20)29-21)26-12-10-16-6-8-17(14-25)9-7-16/h1-9,11,13,21-22,26,28H,10,12,15H2,(H,27,29). The average Bonchev–Trinajstić information content (AvgIpc) is 2.77. The molecule has 3 aromatic rings. The Kier molecular flexibility index (Phi) is 5.68. The number of benzene rings is 2. The van der Waals surface area contributed by atoms with Crippen molar-refractivity contribution in [3.05, 3.63) is 89.4 Å². The molecule has 1 aliphatic rings. The van der Waals surface area contributed by atoms with Crippen LogP contribution >= 0.6 is 0 Å². The van der Waals surface area contributed by atoms with Crippen LogP contribution in [0.15, 0.2) is 66.9 Å². The molecule has 0 radical (unpaired) electrons. The molecule has 1 aromatic heterocycles. The molecule has 2 aromatic carbocycles. The number of nitriles is 1. The Bertz CT molecular complexity index is 1010. The van der Waals surface area contributed by atoms with E-state index in [9.17, 15) is 4.39 Å². The van der Waals surface area contributed by atoms with E-state index in [1.165, 1.54) is 6.07 Å². The van der Waals surface area contributed by atoms with Crippen LogP contribution in [0.1, 0.15) is 22.7 Å². The van der Waals surface area contributed by atoms with Crippen LogP contribution in [0.2, 0.25) is 0 Å². The average molecular weight is 387 g/mol. The molecule has 0 fully saturated rings. The fourth-order valence-electron chi connectivity index (χ4n) is 3.62. The lowest BCUT2D eigenvalue weighted by Crippen LogP contribution is -2.44. The van der Waals surface area contributed by atoms with E-state index in [2.05, 4.69) is 27.0 Å². The molecule has 2 atom stereocenters. The predicted octanol–water partition coefficient (Wildman–Crippen LogP) is 3.87. The summed E-state index contributed by atoms with van der Waals surface area (Å²) in [6.45, 7) is 1.42. The Labute approximate surface area is 169 Å². The number of pyridine rings is 1. The van der Waals surface area contributed by atoms with Crippen LogP contribution < -0.4 is 16.0 Å². The highest BCUT2D eigenvalue weighted by Gasteiger charge is 2.27. The molecule has 0 aliphatic carbocycles. The molecular formula is C23H22FN5. The zero-order valence-corrected chi connectivity index (χ0v) is 15.9. The minimum absolute atomic E-state index is 0.0140. The van der Waals surface area contributed by atoms with Crippen molar-refractivity contribution in [3.63, 3.8) is 0 Å². The molecule has 146 valence electrons. The number of rotatable bonds is 6. The third-order valence-electron chi connectivity index (χ3n) is 5.11. The Morgan fingerprint density at radius 1 is 1.17 bits per heavy atom. The van der Waals surface area contributed by atoms with Crippen molar-refractivity contribution in [1.82, 2.24) is 10.3 Å². The first-order valence-electron chi connectivity index (χ1n) is 9.66. The van der Waals surface area contributed by atoms with Crippen molar-refractivity contribution in [2.24, 2.45) is 0 Å². The fourth-order valence-corrected chi connectivity index (χ4v) is 3.62. The minimum Gasteiger partial charge on any atom is -0.380 e. The lowest BCUT2D eigenvalue weighted by Gasteiger charge is -2.34. The lowest BCUT2D eigenvalue weighted by molar-refractivity contribution is 0.469. The summed E-state index contributed by atoms with van der Waals surface area (Å²) in [5, 5.41) is 19.4. The first-order valence-corrected chi connectivity index (χ1v) is 9.66. The monoisotopic (exact) mass is 387 g/mol. The van der Waals surface area contributed by atoms with Gasteiger partial charge in [0, 0.05) is 12.7 Å².